The summed E-state index contributed by atoms with van der Waals surface area (Å²) in [6.45, 7) is 7.92. The third kappa shape index (κ3) is 2.02. The average Bonchev–Trinajstić information content (AvgIpc) is 2.91. The number of hydrogen-bond donors (Lipinski definition) is 2. The van der Waals surface area contributed by atoms with Crippen molar-refractivity contribution < 1.29 is 0 Å². The Bertz CT molecular complexity index is 436. The van der Waals surface area contributed by atoms with Crippen molar-refractivity contribution in [3.05, 3.63) is 17.7 Å². The van der Waals surface area contributed by atoms with Gasteiger partial charge in [0.25, 0.3) is 0 Å². The Balaban J connectivity index is 1.92. The maximum Gasteiger partial charge on any atom is 0.0599 e. The molecule has 0 aliphatic carbocycles. The van der Waals surface area contributed by atoms with Crippen LogP contribution < -0.4 is 15.5 Å². The van der Waals surface area contributed by atoms with E-state index in [-0.39, 0.29) is 0 Å². The fraction of sp³-hybridized carbons (Fsp3) is 0.600. The fourth-order valence-electron chi connectivity index (χ4n) is 3.01. The molecule has 0 amide bonds. The Morgan fingerprint density at radius 1 is 1.22 bits per heavy atom. The molecular weight excluding hydrogens is 222 g/mol. The van der Waals surface area contributed by atoms with Crippen LogP contribution in [0.3, 0.4) is 0 Å². The first kappa shape index (κ1) is 11.7. The molecule has 2 heterocycles. The number of nitrogens with zero attached hydrogens (tertiary/aromatic N) is 1. The summed E-state index contributed by atoms with van der Waals surface area (Å²) < 4.78 is 0. The van der Waals surface area contributed by atoms with Crippen LogP contribution in [0.25, 0.3) is 0 Å². The molecule has 0 radical (unpaired) electrons. The minimum atomic E-state index is 0.562. The van der Waals surface area contributed by atoms with Crippen molar-refractivity contribution in [3.63, 3.8) is 0 Å². The minimum Gasteiger partial charge on any atom is -0.381 e. The van der Waals surface area contributed by atoms with Crippen LogP contribution in [0.15, 0.2) is 12.1 Å². The highest BCUT2D eigenvalue weighted by molar-refractivity contribution is 5.78. The highest BCUT2D eigenvalue weighted by Gasteiger charge is 2.20. The smallest absolute Gasteiger partial charge is 0.0599 e. The number of aryl methyl sites for hydroxylation is 1. The predicted molar refractivity (Wildman–Crippen MR) is 78.8 cm³/mol. The molecule has 2 aliphatic heterocycles. The van der Waals surface area contributed by atoms with Crippen molar-refractivity contribution in [3.8, 4) is 0 Å². The maximum atomic E-state index is 3.65. The van der Waals surface area contributed by atoms with Crippen LogP contribution in [0.5, 0.6) is 0 Å². The summed E-state index contributed by atoms with van der Waals surface area (Å²) in [5.74, 6) is 0. The molecule has 2 aliphatic rings. The molecule has 1 fully saturated rings. The van der Waals surface area contributed by atoms with Crippen LogP contribution in [0.1, 0.15) is 31.7 Å². The second-order valence-corrected chi connectivity index (χ2v) is 5.51. The Labute approximate surface area is 110 Å². The number of nitrogens with one attached hydrogen (secondary N) is 2. The van der Waals surface area contributed by atoms with Crippen LogP contribution in [-0.2, 0) is 0 Å². The van der Waals surface area contributed by atoms with Crippen molar-refractivity contribution in [1.82, 2.24) is 0 Å². The minimum absolute atomic E-state index is 0.562. The summed E-state index contributed by atoms with van der Waals surface area (Å²) in [6, 6.07) is 5.19. The summed E-state index contributed by atoms with van der Waals surface area (Å²) >= 11 is 0. The van der Waals surface area contributed by atoms with Gasteiger partial charge in [0.2, 0.25) is 0 Å². The number of anilines is 3. The first-order valence-electron chi connectivity index (χ1n) is 7.18. The SMILES string of the molecule is CCC1CNc2cc(C)c(N3CCCC3)cc2N1. The molecule has 0 spiro atoms. The number of hydrogen-bond acceptors (Lipinski definition) is 3. The molecule has 3 rings (SSSR count). The van der Waals surface area contributed by atoms with E-state index < -0.39 is 0 Å². The Kier molecular flexibility index (Phi) is 3.06. The molecule has 1 unspecified atom stereocenters. The molecule has 1 atom stereocenters. The zero-order valence-electron chi connectivity index (χ0n) is 11.4. The summed E-state index contributed by atoms with van der Waals surface area (Å²) in [5, 5.41) is 7.19. The van der Waals surface area contributed by atoms with Gasteiger partial charge in [-0.1, -0.05) is 6.92 Å². The van der Waals surface area contributed by atoms with E-state index in [0.29, 0.717) is 6.04 Å². The topological polar surface area (TPSA) is 27.3 Å². The summed E-state index contributed by atoms with van der Waals surface area (Å²) in [4.78, 5) is 2.52. The van der Waals surface area contributed by atoms with Crippen LogP contribution in [0, 0.1) is 6.92 Å². The van der Waals surface area contributed by atoms with Gasteiger partial charge in [-0.15, -0.1) is 0 Å². The lowest BCUT2D eigenvalue weighted by atomic mass is 10.1. The van der Waals surface area contributed by atoms with Gasteiger partial charge in [-0.25, -0.2) is 0 Å². The largest absolute Gasteiger partial charge is 0.381 e. The monoisotopic (exact) mass is 245 g/mol. The highest BCUT2D eigenvalue weighted by Crippen LogP contribution is 2.35. The van der Waals surface area contributed by atoms with Crippen molar-refractivity contribution in [2.24, 2.45) is 0 Å². The molecule has 1 aromatic carbocycles. The Morgan fingerprint density at radius 3 is 2.72 bits per heavy atom. The maximum absolute atomic E-state index is 3.65. The van der Waals surface area contributed by atoms with Crippen LogP contribution >= 0.6 is 0 Å². The Morgan fingerprint density at radius 2 is 2.00 bits per heavy atom. The standard InChI is InChI=1S/C15H23N3/c1-3-12-10-16-13-8-11(2)15(9-14(13)17-12)18-6-4-5-7-18/h8-9,12,16-17H,3-7,10H2,1-2H3. The molecule has 1 saturated heterocycles. The fourth-order valence-corrected chi connectivity index (χ4v) is 3.01. The molecule has 2 N–H and O–H groups in total. The van der Waals surface area contributed by atoms with Gasteiger partial charge in [0, 0.05) is 31.4 Å². The second-order valence-electron chi connectivity index (χ2n) is 5.51. The molecule has 18 heavy (non-hydrogen) atoms. The average molecular weight is 245 g/mol. The van der Waals surface area contributed by atoms with E-state index in [1.807, 2.05) is 0 Å². The van der Waals surface area contributed by atoms with Gasteiger partial charge in [0.1, 0.15) is 0 Å². The highest BCUT2D eigenvalue weighted by atomic mass is 15.2. The van der Waals surface area contributed by atoms with Crippen LogP contribution in [-0.4, -0.2) is 25.7 Å². The summed E-state index contributed by atoms with van der Waals surface area (Å²) in [5.41, 5.74) is 5.35. The number of rotatable bonds is 2. The molecular formula is C15H23N3. The molecule has 3 heteroatoms. The van der Waals surface area contributed by atoms with Gasteiger partial charge in [0.15, 0.2) is 0 Å². The summed E-state index contributed by atoms with van der Waals surface area (Å²) in [6.07, 6.45) is 3.83. The van der Waals surface area contributed by atoms with E-state index in [0.717, 1.165) is 6.54 Å². The third-order valence-electron chi connectivity index (χ3n) is 4.17. The second kappa shape index (κ2) is 4.71. The van der Waals surface area contributed by atoms with Crippen molar-refractivity contribution in [2.45, 2.75) is 39.2 Å². The van der Waals surface area contributed by atoms with Crippen molar-refractivity contribution >= 4 is 17.1 Å². The van der Waals surface area contributed by atoms with E-state index in [1.165, 1.54) is 55.0 Å². The third-order valence-corrected chi connectivity index (χ3v) is 4.17. The normalized spacial score (nSPS) is 22.3. The Hall–Kier alpha value is -1.38. The lowest BCUT2D eigenvalue weighted by Gasteiger charge is -2.30. The van der Waals surface area contributed by atoms with Gasteiger partial charge in [0.05, 0.1) is 11.4 Å². The lowest BCUT2D eigenvalue weighted by Crippen LogP contribution is -2.32. The van der Waals surface area contributed by atoms with Crippen LogP contribution in [0.2, 0.25) is 0 Å². The predicted octanol–water partition coefficient (Wildman–Crippen LogP) is 3.21. The van der Waals surface area contributed by atoms with Gasteiger partial charge in [-0.2, -0.15) is 0 Å². The molecule has 0 bridgehead atoms. The zero-order valence-corrected chi connectivity index (χ0v) is 11.4. The first-order chi connectivity index (χ1) is 8.78. The summed E-state index contributed by atoms with van der Waals surface area (Å²) in [7, 11) is 0. The van der Waals surface area contributed by atoms with Crippen molar-refractivity contribution in [2.75, 3.05) is 35.2 Å². The molecule has 1 aromatic rings. The van der Waals surface area contributed by atoms with Gasteiger partial charge >= 0.3 is 0 Å². The first-order valence-corrected chi connectivity index (χ1v) is 7.18. The van der Waals surface area contributed by atoms with Gasteiger partial charge < -0.3 is 15.5 Å². The van der Waals surface area contributed by atoms with E-state index in [9.17, 15) is 0 Å². The number of fused-ring (bicyclic) bond motifs is 1. The number of benzene rings is 1. The molecule has 0 aromatic heterocycles. The van der Waals surface area contributed by atoms with E-state index in [2.05, 4.69) is 41.5 Å². The van der Waals surface area contributed by atoms with Gasteiger partial charge in [-0.3, -0.25) is 0 Å². The van der Waals surface area contributed by atoms with E-state index >= 15 is 0 Å². The lowest BCUT2D eigenvalue weighted by molar-refractivity contribution is 0.713. The molecule has 98 valence electrons. The van der Waals surface area contributed by atoms with Gasteiger partial charge in [-0.05, 0) is 43.9 Å². The van der Waals surface area contributed by atoms with Crippen LogP contribution in [0.4, 0.5) is 17.1 Å². The molecule has 3 nitrogen and oxygen atoms in total. The molecule has 0 saturated carbocycles. The van der Waals surface area contributed by atoms with Crippen molar-refractivity contribution in [1.29, 1.82) is 0 Å². The quantitative estimate of drug-likeness (QED) is 0.838. The van der Waals surface area contributed by atoms with E-state index in [4.69, 9.17) is 0 Å². The van der Waals surface area contributed by atoms with E-state index in [1.54, 1.807) is 0 Å². The zero-order chi connectivity index (χ0) is 12.5.